The summed E-state index contributed by atoms with van der Waals surface area (Å²) in [6.45, 7) is 7.52. The largest absolute Gasteiger partial charge is 0.306 e. The monoisotopic (exact) mass is 723 g/mol. The van der Waals surface area contributed by atoms with Crippen LogP contribution in [0.4, 0.5) is 17.1 Å². The van der Waals surface area contributed by atoms with Crippen molar-refractivity contribution in [3.05, 3.63) is 117 Å². The number of rotatable bonds is 5. The van der Waals surface area contributed by atoms with Crippen molar-refractivity contribution in [1.82, 2.24) is 9.80 Å². The second-order valence-electron chi connectivity index (χ2n) is 14.7. The molecule has 4 atom stereocenters. The van der Waals surface area contributed by atoms with Crippen LogP contribution in [-0.4, -0.2) is 82.4 Å². The Hall–Kier alpha value is -4.22. The quantitative estimate of drug-likeness (QED) is 0.248. The fourth-order valence-corrected chi connectivity index (χ4v) is 10.4. The highest BCUT2D eigenvalue weighted by Gasteiger charge is 2.46. The molecule has 0 aromatic heterocycles. The van der Waals surface area contributed by atoms with E-state index in [-0.39, 0.29) is 62.5 Å². The lowest BCUT2D eigenvalue weighted by molar-refractivity contribution is 0.0957. The molecule has 2 fully saturated rings. The van der Waals surface area contributed by atoms with Gasteiger partial charge in [-0.2, -0.15) is 0 Å². The Morgan fingerprint density at radius 2 is 1.27 bits per heavy atom. The maximum absolute atomic E-state index is 14.5. The summed E-state index contributed by atoms with van der Waals surface area (Å²) < 4.78 is 31.0. The van der Waals surface area contributed by atoms with Gasteiger partial charge < -0.3 is 19.6 Å². The highest BCUT2D eigenvalue weighted by atomic mass is 35.5. The summed E-state index contributed by atoms with van der Waals surface area (Å²) in [5.74, 6) is -0.190. The number of nitrogens with one attached hydrogen (secondary N) is 1. The third-order valence-electron chi connectivity index (χ3n) is 11.2. The van der Waals surface area contributed by atoms with E-state index in [1.807, 2.05) is 34.1 Å². The number of carbonyl (C=O) groups is 2. The zero-order chi connectivity index (χ0) is 35.8. The SMILES string of the molecule is Cc1ccc2c(c1)[C@H]1CN(C)CC[C@H]1N2C(=O)c1ccccc1NS(=O)(=O)c1cc(C(=O)N2c3ccc(C)cc3[C@@H]3CN(C)CC[C@@H]32)ccc1Cl. The Labute approximate surface area is 304 Å². The molecule has 0 unspecified atom stereocenters. The first-order valence-corrected chi connectivity index (χ1v) is 19.4. The fourth-order valence-electron chi connectivity index (χ4n) is 8.76. The molecule has 0 bridgehead atoms. The molecule has 4 aromatic rings. The summed E-state index contributed by atoms with van der Waals surface area (Å²) in [5.41, 5.74) is 6.92. The molecule has 0 radical (unpaired) electrons. The maximum atomic E-state index is 14.5. The Morgan fingerprint density at radius 1 is 0.725 bits per heavy atom. The molecule has 4 aliphatic rings. The van der Waals surface area contributed by atoms with Crippen LogP contribution in [0.25, 0.3) is 0 Å². The number of aryl methyl sites for hydroxylation is 2. The van der Waals surface area contributed by atoms with Gasteiger partial charge in [-0.25, -0.2) is 8.42 Å². The molecule has 0 spiro atoms. The standard InChI is InChI=1S/C40H42ClN5O4S/c1-24-9-13-34-28(19-24)30-22-43(3)17-15-36(30)45(34)39(47)26-11-12-32(41)38(21-26)51(49,50)42-33-8-6-5-7-27(33)40(48)46-35-14-10-25(2)20-29(35)31-23-44(4)18-16-37(31)46/h5-14,19-21,30-31,36-37,42H,15-18,22-23H2,1-4H3/t30-,31+,36-,37+/m0/s1. The van der Waals surface area contributed by atoms with Crippen LogP contribution in [0.2, 0.25) is 5.02 Å². The summed E-state index contributed by atoms with van der Waals surface area (Å²) in [5, 5.41) is -0.0181. The molecule has 264 valence electrons. The highest BCUT2D eigenvalue weighted by Crippen LogP contribution is 2.47. The summed E-state index contributed by atoms with van der Waals surface area (Å²) in [6, 6.07) is 23.4. The number of carbonyl (C=O) groups excluding carboxylic acids is 2. The first kappa shape index (κ1) is 33.9. The van der Waals surface area contributed by atoms with E-state index in [9.17, 15) is 18.0 Å². The Bertz CT molecular complexity index is 2190. The van der Waals surface area contributed by atoms with E-state index in [0.29, 0.717) is 0 Å². The van der Waals surface area contributed by atoms with E-state index in [1.165, 1.54) is 12.1 Å². The normalized spacial score (nSPS) is 23.0. The van der Waals surface area contributed by atoms with E-state index >= 15 is 0 Å². The van der Waals surface area contributed by atoms with Gasteiger partial charge in [-0.1, -0.05) is 59.1 Å². The molecule has 4 heterocycles. The van der Waals surface area contributed by atoms with Gasteiger partial charge >= 0.3 is 0 Å². The zero-order valence-corrected chi connectivity index (χ0v) is 30.8. The van der Waals surface area contributed by atoms with Gasteiger partial charge in [0, 0.05) is 53.9 Å². The topological polar surface area (TPSA) is 93.3 Å². The van der Waals surface area contributed by atoms with Crippen molar-refractivity contribution < 1.29 is 18.0 Å². The van der Waals surface area contributed by atoms with Crippen molar-refractivity contribution in [2.75, 3.05) is 54.8 Å². The predicted octanol–water partition coefficient (Wildman–Crippen LogP) is 6.65. The number of anilines is 3. The van der Waals surface area contributed by atoms with E-state index in [1.54, 1.807) is 30.3 Å². The van der Waals surface area contributed by atoms with Crippen LogP contribution in [0, 0.1) is 13.8 Å². The number of para-hydroxylation sites is 1. The van der Waals surface area contributed by atoms with E-state index in [0.717, 1.165) is 72.6 Å². The number of sulfonamides is 1. The average molecular weight is 724 g/mol. The molecule has 1 N–H and O–H groups in total. The Kier molecular flexibility index (Phi) is 8.49. The van der Waals surface area contributed by atoms with Gasteiger partial charge in [0.15, 0.2) is 0 Å². The number of likely N-dealkylation sites (tertiary alicyclic amines) is 2. The average Bonchev–Trinajstić information content (AvgIpc) is 3.59. The van der Waals surface area contributed by atoms with E-state index < -0.39 is 10.0 Å². The number of hydrogen-bond donors (Lipinski definition) is 1. The minimum Gasteiger partial charge on any atom is -0.306 e. The number of amides is 2. The first-order valence-electron chi connectivity index (χ1n) is 17.6. The number of benzene rings is 4. The molecule has 0 saturated carbocycles. The van der Waals surface area contributed by atoms with Crippen LogP contribution in [0.5, 0.6) is 0 Å². The lowest BCUT2D eigenvalue weighted by atomic mass is 9.88. The first-order chi connectivity index (χ1) is 24.4. The van der Waals surface area contributed by atoms with Crippen LogP contribution in [0.3, 0.4) is 0 Å². The molecule has 2 saturated heterocycles. The van der Waals surface area contributed by atoms with Crippen molar-refractivity contribution in [1.29, 1.82) is 0 Å². The van der Waals surface area contributed by atoms with Crippen molar-refractivity contribution in [2.45, 2.75) is 55.5 Å². The van der Waals surface area contributed by atoms with E-state index in [4.69, 9.17) is 11.6 Å². The molecule has 0 aliphatic carbocycles. The van der Waals surface area contributed by atoms with Crippen LogP contribution >= 0.6 is 11.6 Å². The number of nitrogens with zero attached hydrogens (tertiary/aromatic N) is 4. The van der Waals surface area contributed by atoms with Crippen molar-refractivity contribution in [3.8, 4) is 0 Å². The third kappa shape index (κ3) is 5.82. The van der Waals surface area contributed by atoms with Gasteiger partial charge in [-0.05, 0) is 107 Å². The van der Waals surface area contributed by atoms with Gasteiger partial charge in [0.05, 0.1) is 16.3 Å². The Balaban J connectivity index is 1.11. The molecule has 4 aromatic carbocycles. The highest BCUT2D eigenvalue weighted by molar-refractivity contribution is 7.92. The number of likely N-dealkylation sites (N-methyl/N-ethyl adjacent to an activating group) is 2. The summed E-state index contributed by atoms with van der Waals surface area (Å²) in [7, 11) is -0.133. The molecule has 8 rings (SSSR count). The second-order valence-corrected chi connectivity index (χ2v) is 16.8. The van der Waals surface area contributed by atoms with Gasteiger partial charge in [0.2, 0.25) is 0 Å². The molecule has 2 amide bonds. The minimum absolute atomic E-state index is 0.0181. The number of piperidine rings is 2. The molecular weight excluding hydrogens is 682 g/mol. The van der Waals surface area contributed by atoms with Gasteiger partial charge in [-0.15, -0.1) is 0 Å². The van der Waals surface area contributed by atoms with Gasteiger partial charge in [0.25, 0.3) is 21.8 Å². The minimum atomic E-state index is -4.33. The van der Waals surface area contributed by atoms with Crippen LogP contribution < -0.4 is 14.5 Å². The Morgan fingerprint density at radius 3 is 1.86 bits per heavy atom. The molecular formula is C40H42ClN5O4S. The van der Waals surface area contributed by atoms with Crippen LogP contribution in [0.15, 0.2) is 83.8 Å². The second kappa shape index (κ2) is 12.8. The van der Waals surface area contributed by atoms with E-state index in [2.05, 4.69) is 54.6 Å². The molecule has 9 nitrogen and oxygen atoms in total. The van der Waals surface area contributed by atoms with Crippen molar-refractivity contribution in [2.24, 2.45) is 0 Å². The van der Waals surface area contributed by atoms with Gasteiger partial charge in [0.1, 0.15) is 4.90 Å². The van der Waals surface area contributed by atoms with Crippen LogP contribution in [0.1, 0.15) is 67.6 Å². The smallest absolute Gasteiger partial charge is 0.263 e. The van der Waals surface area contributed by atoms with Crippen molar-refractivity contribution in [3.63, 3.8) is 0 Å². The lowest BCUT2D eigenvalue weighted by Crippen LogP contribution is -2.47. The van der Waals surface area contributed by atoms with Crippen molar-refractivity contribution >= 4 is 50.5 Å². The summed E-state index contributed by atoms with van der Waals surface area (Å²) in [6.07, 6.45) is 1.62. The number of hydrogen-bond acceptors (Lipinski definition) is 6. The number of fused-ring (bicyclic) bond motifs is 6. The summed E-state index contributed by atoms with van der Waals surface area (Å²) >= 11 is 6.57. The van der Waals surface area contributed by atoms with Gasteiger partial charge in [-0.3, -0.25) is 14.3 Å². The zero-order valence-electron chi connectivity index (χ0n) is 29.3. The maximum Gasteiger partial charge on any atom is 0.263 e. The molecule has 51 heavy (non-hydrogen) atoms. The fraction of sp³-hybridized carbons (Fsp3) is 0.350. The third-order valence-corrected chi connectivity index (χ3v) is 13.1. The summed E-state index contributed by atoms with van der Waals surface area (Å²) in [4.78, 5) is 36.9. The molecule has 4 aliphatic heterocycles. The number of halogens is 1. The molecule has 11 heteroatoms. The van der Waals surface area contributed by atoms with Crippen LogP contribution in [-0.2, 0) is 10.0 Å². The predicted molar refractivity (Wildman–Crippen MR) is 202 cm³/mol. The lowest BCUT2D eigenvalue weighted by Gasteiger charge is -2.36.